The quantitative estimate of drug-likeness (QED) is 0.694. The van der Waals surface area contributed by atoms with E-state index in [9.17, 15) is 9.59 Å². The molecule has 8 heteroatoms. The molecular weight excluding hydrogens is 390 g/mol. The van der Waals surface area contributed by atoms with Gasteiger partial charge in [0, 0.05) is 10.9 Å². The number of carbonyl (C=O) groups is 1. The molecule has 0 bridgehead atoms. The second kappa shape index (κ2) is 7.87. The first-order chi connectivity index (χ1) is 14.0. The number of anilines is 1. The molecule has 152 valence electrons. The van der Waals surface area contributed by atoms with Crippen LogP contribution in [-0.4, -0.2) is 29.7 Å². The SMILES string of the molecule is COc1ccc(NC(=O)Cn2cnc3sc4c(c3c2=O)CC[C@@H](C)C4)c(OC)c1. The highest BCUT2D eigenvalue weighted by molar-refractivity contribution is 7.18. The highest BCUT2D eigenvalue weighted by Gasteiger charge is 2.23. The lowest BCUT2D eigenvalue weighted by atomic mass is 9.89. The second-order valence-corrected chi connectivity index (χ2v) is 8.41. The number of benzene rings is 1. The highest BCUT2D eigenvalue weighted by Crippen LogP contribution is 2.35. The minimum absolute atomic E-state index is 0.113. The number of amides is 1. The third-order valence-corrected chi connectivity index (χ3v) is 6.44. The molecule has 0 spiro atoms. The number of rotatable bonds is 5. The summed E-state index contributed by atoms with van der Waals surface area (Å²) in [7, 11) is 3.08. The van der Waals surface area contributed by atoms with Crippen molar-refractivity contribution in [3.8, 4) is 11.5 Å². The summed E-state index contributed by atoms with van der Waals surface area (Å²) in [6.45, 7) is 2.12. The van der Waals surface area contributed by atoms with Crippen LogP contribution in [0, 0.1) is 5.92 Å². The molecule has 3 aromatic rings. The van der Waals surface area contributed by atoms with Gasteiger partial charge in [-0.3, -0.25) is 14.2 Å². The number of hydrogen-bond acceptors (Lipinski definition) is 6. The Bertz CT molecular complexity index is 1130. The monoisotopic (exact) mass is 413 g/mol. The van der Waals surface area contributed by atoms with Gasteiger partial charge >= 0.3 is 0 Å². The fourth-order valence-corrected chi connectivity index (χ4v) is 5.07. The lowest BCUT2D eigenvalue weighted by Gasteiger charge is -2.17. The zero-order valence-corrected chi connectivity index (χ0v) is 17.5. The molecule has 4 rings (SSSR count). The Labute approximate surface area is 172 Å². The van der Waals surface area contributed by atoms with E-state index in [4.69, 9.17) is 9.47 Å². The summed E-state index contributed by atoms with van der Waals surface area (Å²) < 4.78 is 11.8. The Balaban J connectivity index is 1.59. The van der Waals surface area contributed by atoms with Crippen molar-refractivity contribution >= 4 is 33.1 Å². The highest BCUT2D eigenvalue weighted by atomic mass is 32.1. The second-order valence-electron chi connectivity index (χ2n) is 7.32. The molecule has 7 nitrogen and oxygen atoms in total. The van der Waals surface area contributed by atoms with Crippen LogP contribution in [-0.2, 0) is 24.2 Å². The number of fused-ring (bicyclic) bond motifs is 3. The van der Waals surface area contributed by atoms with Crippen molar-refractivity contribution in [2.75, 3.05) is 19.5 Å². The maximum atomic E-state index is 13.0. The third-order valence-electron chi connectivity index (χ3n) is 5.28. The predicted octanol–water partition coefficient (Wildman–Crippen LogP) is 3.24. The minimum Gasteiger partial charge on any atom is -0.497 e. The molecule has 1 amide bonds. The van der Waals surface area contributed by atoms with E-state index in [2.05, 4.69) is 17.2 Å². The number of aromatic nitrogens is 2. The zero-order valence-electron chi connectivity index (χ0n) is 16.7. The lowest BCUT2D eigenvalue weighted by molar-refractivity contribution is -0.116. The molecule has 0 aliphatic heterocycles. The average molecular weight is 413 g/mol. The van der Waals surface area contributed by atoms with Crippen LogP contribution in [0.1, 0.15) is 23.8 Å². The lowest BCUT2D eigenvalue weighted by Crippen LogP contribution is -2.28. The van der Waals surface area contributed by atoms with E-state index in [1.807, 2.05) is 0 Å². The average Bonchev–Trinajstić information content (AvgIpc) is 3.08. The fraction of sp³-hybridized carbons (Fsp3) is 0.381. The summed E-state index contributed by atoms with van der Waals surface area (Å²) >= 11 is 1.60. The van der Waals surface area contributed by atoms with Crippen LogP contribution >= 0.6 is 11.3 Å². The molecule has 2 aromatic heterocycles. The molecule has 1 atom stereocenters. The number of aryl methyl sites for hydroxylation is 1. The summed E-state index contributed by atoms with van der Waals surface area (Å²) in [6.07, 6.45) is 4.42. The normalized spacial score (nSPS) is 15.8. The van der Waals surface area contributed by atoms with E-state index >= 15 is 0 Å². The third kappa shape index (κ3) is 3.72. The van der Waals surface area contributed by atoms with Gasteiger partial charge in [-0.2, -0.15) is 0 Å². The molecule has 1 aromatic carbocycles. The number of hydrogen-bond donors (Lipinski definition) is 1. The van der Waals surface area contributed by atoms with Gasteiger partial charge in [0.1, 0.15) is 22.9 Å². The number of thiophene rings is 1. The maximum Gasteiger partial charge on any atom is 0.262 e. The van der Waals surface area contributed by atoms with Crippen molar-refractivity contribution < 1.29 is 14.3 Å². The van der Waals surface area contributed by atoms with Crippen molar-refractivity contribution in [1.82, 2.24) is 9.55 Å². The van der Waals surface area contributed by atoms with Gasteiger partial charge in [0.15, 0.2) is 0 Å². The van der Waals surface area contributed by atoms with Crippen LogP contribution in [0.2, 0.25) is 0 Å². The van der Waals surface area contributed by atoms with Crippen LogP contribution in [0.15, 0.2) is 29.3 Å². The smallest absolute Gasteiger partial charge is 0.262 e. The van der Waals surface area contributed by atoms with E-state index in [0.29, 0.717) is 28.5 Å². The molecule has 2 heterocycles. The molecule has 1 aliphatic rings. The van der Waals surface area contributed by atoms with Gasteiger partial charge < -0.3 is 14.8 Å². The van der Waals surface area contributed by atoms with E-state index in [1.165, 1.54) is 22.9 Å². The van der Waals surface area contributed by atoms with Gasteiger partial charge in [0.25, 0.3) is 5.56 Å². The van der Waals surface area contributed by atoms with E-state index in [1.54, 1.807) is 36.6 Å². The van der Waals surface area contributed by atoms with Crippen molar-refractivity contribution in [3.63, 3.8) is 0 Å². The first kappa shape index (κ1) is 19.4. The molecule has 0 radical (unpaired) electrons. The fourth-order valence-electron chi connectivity index (χ4n) is 3.72. The minimum atomic E-state index is -0.325. The van der Waals surface area contributed by atoms with Crippen LogP contribution < -0.4 is 20.3 Å². The van der Waals surface area contributed by atoms with Crippen LogP contribution in [0.4, 0.5) is 5.69 Å². The number of nitrogens with one attached hydrogen (secondary N) is 1. The summed E-state index contributed by atoms with van der Waals surface area (Å²) in [5, 5.41) is 3.47. The van der Waals surface area contributed by atoms with Crippen molar-refractivity contribution in [2.45, 2.75) is 32.7 Å². The molecular formula is C21H23N3O4S. The molecule has 0 saturated heterocycles. The Kier molecular flexibility index (Phi) is 5.27. The molecule has 0 unspecified atom stereocenters. The number of carbonyl (C=O) groups excluding carboxylic acids is 1. The summed E-state index contributed by atoms with van der Waals surface area (Å²) in [6, 6.07) is 5.13. The summed E-state index contributed by atoms with van der Waals surface area (Å²) in [5.41, 5.74) is 1.48. The molecule has 0 fully saturated rings. The summed E-state index contributed by atoms with van der Waals surface area (Å²) in [4.78, 5) is 32.1. The Morgan fingerprint density at radius 3 is 2.93 bits per heavy atom. The van der Waals surface area contributed by atoms with Crippen LogP contribution in [0.25, 0.3) is 10.2 Å². The predicted molar refractivity (Wildman–Crippen MR) is 113 cm³/mol. The molecule has 29 heavy (non-hydrogen) atoms. The van der Waals surface area contributed by atoms with Crippen molar-refractivity contribution in [1.29, 1.82) is 0 Å². The molecule has 0 saturated carbocycles. The van der Waals surface area contributed by atoms with Gasteiger partial charge in [0.2, 0.25) is 5.91 Å². The number of nitrogens with zero attached hydrogens (tertiary/aromatic N) is 2. The van der Waals surface area contributed by atoms with Gasteiger partial charge in [-0.25, -0.2) is 4.98 Å². The van der Waals surface area contributed by atoms with E-state index in [-0.39, 0.29) is 18.0 Å². The van der Waals surface area contributed by atoms with Crippen molar-refractivity contribution in [2.24, 2.45) is 5.92 Å². The topological polar surface area (TPSA) is 82.5 Å². The van der Waals surface area contributed by atoms with Crippen molar-refractivity contribution in [3.05, 3.63) is 45.3 Å². The van der Waals surface area contributed by atoms with Crippen LogP contribution in [0.5, 0.6) is 11.5 Å². The van der Waals surface area contributed by atoms with E-state index < -0.39 is 0 Å². The molecule has 1 N–H and O–H groups in total. The Hall–Kier alpha value is -2.87. The largest absolute Gasteiger partial charge is 0.497 e. The number of methoxy groups -OCH3 is 2. The van der Waals surface area contributed by atoms with E-state index in [0.717, 1.165) is 29.7 Å². The first-order valence-corrected chi connectivity index (χ1v) is 10.3. The Morgan fingerprint density at radius 1 is 1.34 bits per heavy atom. The maximum absolute atomic E-state index is 13.0. The standard InChI is InChI=1S/C21H23N3O4S/c1-12-4-6-14-17(8-12)29-20-19(14)21(26)24(11-22-20)10-18(25)23-15-7-5-13(27-2)9-16(15)28-3/h5,7,9,11-12H,4,6,8,10H2,1-3H3,(H,23,25)/t12-/m1/s1. The number of ether oxygens (including phenoxy) is 2. The van der Waals surface area contributed by atoms with Gasteiger partial charge in [-0.05, 0) is 42.9 Å². The molecule has 1 aliphatic carbocycles. The van der Waals surface area contributed by atoms with Gasteiger partial charge in [0.05, 0.1) is 31.6 Å². The zero-order chi connectivity index (χ0) is 20.5. The Morgan fingerprint density at radius 2 is 2.17 bits per heavy atom. The summed E-state index contributed by atoms with van der Waals surface area (Å²) in [5.74, 6) is 1.42. The van der Waals surface area contributed by atoms with Crippen LogP contribution in [0.3, 0.4) is 0 Å². The van der Waals surface area contributed by atoms with Gasteiger partial charge in [-0.15, -0.1) is 11.3 Å². The first-order valence-electron chi connectivity index (χ1n) is 9.51. The van der Waals surface area contributed by atoms with Gasteiger partial charge in [-0.1, -0.05) is 6.92 Å².